The van der Waals surface area contributed by atoms with Crippen LogP contribution >= 0.6 is 0 Å². The van der Waals surface area contributed by atoms with E-state index in [1.807, 2.05) is 121 Å². The molecule has 5 heterocycles. The summed E-state index contributed by atoms with van der Waals surface area (Å²) in [5.41, 5.74) is 28.8. The summed E-state index contributed by atoms with van der Waals surface area (Å²) in [6.45, 7) is 0. The quantitative estimate of drug-likeness (QED) is 0.111. The van der Waals surface area contributed by atoms with Crippen LogP contribution in [0.4, 0.5) is 0 Å². The number of hydrogen-bond donors (Lipinski definition) is 0. The van der Waals surface area contributed by atoms with E-state index >= 15 is 0 Å². The molecule has 0 saturated carbocycles. The fourth-order valence-electron chi connectivity index (χ4n) is 18.3. The van der Waals surface area contributed by atoms with Gasteiger partial charge in [-0.3, -0.25) is 0 Å². The van der Waals surface area contributed by atoms with E-state index in [1.165, 1.54) is 0 Å². The largest absolute Gasteiger partial charge is 0.309 e. The van der Waals surface area contributed by atoms with Gasteiger partial charge in [0.2, 0.25) is 0 Å². The highest BCUT2D eigenvalue weighted by Crippen LogP contribution is 2.48. The maximum Gasteiger partial charge on any atom is 0.160 e. The molecule has 17 aromatic carbocycles. The monoisotopic (exact) mass is 1550 g/mol. The molecule has 11 nitrogen and oxygen atoms in total. The van der Waals surface area contributed by atoms with Gasteiger partial charge in [-0.25, -0.2) is 9.97 Å². The Morgan fingerprint density at radius 1 is 0.172 bits per heavy atom. The Morgan fingerprint density at radius 3 is 0.844 bits per heavy atom. The predicted molar refractivity (Wildman–Crippen MR) is 492 cm³/mol. The molecule has 122 heavy (non-hydrogen) atoms. The fraction of sp³-hybridized carbons (Fsp3) is 0. The number of benzene rings is 17. The van der Waals surface area contributed by atoms with E-state index in [0.717, 1.165) is 193 Å². The second-order valence-corrected chi connectivity index (χ2v) is 30.8. The molecule has 0 spiro atoms. The third kappa shape index (κ3) is 11.8. The van der Waals surface area contributed by atoms with Crippen molar-refractivity contribution in [3.63, 3.8) is 0 Å². The van der Waals surface area contributed by atoms with Gasteiger partial charge >= 0.3 is 0 Å². The maximum absolute atomic E-state index is 11.1. The van der Waals surface area contributed by atoms with E-state index < -0.39 is 0 Å². The molecule has 0 aliphatic heterocycles. The van der Waals surface area contributed by atoms with Crippen LogP contribution in [0.15, 0.2) is 382 Å². The van der Waals surface area contributed by atoms with Crippen molar-refractivity contribution in [2.75, 3.05) is 0 Å². The second kappa shape index (κ2) is 29.0. The van der Waals surface area contributed by atoms with Crippen LogP contribution < -0.4 is 0 Å². The fourth-order valence-corrected chi connectivity index (χ4v) is 18.3. The third-order valence-corrected chi connectivity index (χ3v) is 23.9. The standard InChI is InChI=1S/C111H63N11/c112-64-69-18-15-25-76(52-69)80-41-49-106-94(58-80)86-29-8-12-33-100(86)120(106)103-46-36-72(67-115)55-91(103)89-44-38-83(61-109(89)121-101-34-13-9-30-87(101)95-59-81(42-50-107(95)121)77-26-16-19-70(53-77)65-113)98-63-97(75-23-5-2-6-24-75)117-111(118-98)84-39-45-90(110(62-84)122-102-35-14-10-31-88(102)96-60-82(43-51-108(96)122)78-27-17-20-71(54-78)66-114)92-56-73(68-116)37-47-104(92)119-99-32-11-7-28-85(99)93-57-79(40-48-105(93)119)74-21-3-1-4-22-74/h1-63H. The zero-order chi connectivity index (χ0) is 81.6. The molecule has 0 aliphatic carbocycles. The van der Waals surface area contributed by atoms with E-state index in [0.29, 0.717) is 45.0 Å². The summed E-state index contributed by atoms with van der Waals surface area (Å²) in [7, 11) is 0. The minimum Gasteiger partial charge on any atom is -0.309 e. The van der Waals surface area contributed by atoms with Gasteiger partial charge in [-0.15, -0.1) is 0 Å². The summed E-state index contributed by atoms with van der Waals surface area (Å²) in [4.78, 5) is 11.4. The zero-order valence-electron chi connectivity index (χ0n) is 65.3. The summed E-state index contributed by atoms with van der Waals surface area (Å²) >= 11 is 0. The van der Waals surface area contributed by atoms with Gasteiger partial charge in [0.25, 0.3) is 0 Å². The molecule has 0 unspecified atom stereocenters. The Balaban J connectivity index is 0.793. The van der Waals surface area contributed by atoms with E-state index in [9.17, 15) is 26.3 Å². The van der Waals surface area contributed by atoms with Gasteiger partial charge in [0.15, 0.2) is 5.82 Å². The molecule has 562 valence electrons. The van der Waals surface area contributed by atoms with Crippen LogP contribution in [0.3, 0.4) is 0 Å². The number of nitrogens with zero attached hydrogens (tertiary/aromatic N) is 11. The normalized spacial score (nSPS) is 11.4. The molecular weight excluding hydrogens is 1490 g/mol. The van der Waals surface area contributed by atoms with Gasteiger partial charge in [-0.05, 0) is 208 Å². The Labute approximate surface area is 701 Å². The molecule has 22 aromatic rings. The van der Waals surface area contributed by atoms with Gasteiger partial charge in [0.05, 0.1) is 136 Å². The number of nitriles is 5. The van der Waals surface area contributed by atoms with E-state index in [4.69, 9.17) is 9.97 Å². The average molecular weight is 1550 g/mol. The number of rotatable bonds is 13. The van der Waals surface area contributed by atoms with Crippen molar-refractivity contribution < 1.29 is 0 Å². The number of aromatic nitrogens is 6. The lowest BCUT2D eigenvalue weighted by molar-refractivity contribution is 1.14. The summed E-state index contributed by atoms with van der Waals surface area (Å²) in [6, 6.07) is 143. The van der Waals surface area contributed by atoms with Crippen molar-refractivity contribution in [2.24, 2.45) is 0 Å². The van der Waals surface area contributed by atoms with E-state index in [2.05, 4.69) is 309 Å². The molecule has 0 aliphatic rings. The number of para-hydroxylation sites is 4. The van der Waals surface area contributed by atoms with Gasteiger partial charge < -0.3 is 18.3 Å². The molecule has 0 amide bonds. The van der Waals surface area contributed by atoms with E-state index in [1.54, 1.807) is 0 Å². The Morgan fingerprint density at radius 2 is 0.459 bits per heavy atom. The minimum atomic E-state index is 0.462. The minimum absolute atomic E-state index is 0.462. The molecule has 22 rings (SSSR count). The van der Waals surface area contributed by atoms with Gasteiger partial charge in [-0.2, -0.15) is 26.3 Å². The smallest absolute Gasteiger partial charge is 0.160 e. The van der Waals surface area contributed by atoms with Crippen LogP contribution in [0.25, 0.3) is 211 Å². The van der Waals surface area contributed by atoms with Crippen LogP contribution in [-0.4, -0.2) is 28.2 Å². The van der Waals surface area contributed by atoms with Crippen LogP contribution in [0.2, 0.25) is 0 Å². The van der Waals surface area contributed by atoms with Crippen molar-refractivity contribution in [3.8, 4) is 154 Å². The molecule has 0 saturated heterocycles. The van der Waals surface area contributed by atoms with Crippen molar-refractivity contribution in [2.45, 2.75) is 0 Å². The zero-order valence-corrected chi connectivity index (χ0v) is 65.3. The third-order valence-electron chi connectivity index (χ3n) is 23.9. The highest BCUT2D eigenvalue weighted by atomic mass is 15.0. The van der Waals surface area contributed by atoms with Crippen molar-refractivity contribution in [1.29, 1.82) is 26.3 Å². The highest BCUT2D eigenvalue weighted by Gasteiger charge is 2.27. The lowest BCUT2D eigenvalue weighted by Crippen LogP contribution is -2.04. The van der Waals surface area contributed by atoms with Crippen molar-refractivity contribution >= 4 is 87.2 Å². The topological polar surface area (TPSA) is 164 Å². The molecule has 0 radical (unpaired) electrons. The SMILES string of the molecule is N#Cc1cccc(-c2ccc3c(c2)c2ccccc2n3-c2ccc(C#N)cc2-c2ccc(-c3cc(-c4ccccc4)nc(-c4ccc(-c5cc(C#N)ccc5-n5c6ccccc6c6cc(-c7ccccc7)ccc65)c(-n5c6ccccc6c6cc(-c7cccc(C#N)c7)ccc65)c4)n3)cc2-n2c3ccccc3c3cc(-c4cccc(C#N)c4)ccc32)c1. The summed E-state index contributed by atoms with van der Waals surface area (Å²) in [6.07, 6.45) is 0. The summed E-state index contributed by atoms with van der Waals surface area (Å²) in [5.74, 6) is 0.462. The van der Waals surface area contributed by atoms with Gasteiger partial charge in [-0.1, -0.05) is 218 Å². The van der Waals surface area contributed by atoms with Crippen molar-refractivity contribution in [3.05, 3.63) is 410 Å². The van der Waals surface area contributed by atoms with Gasteiger partial charge in [0, 0.05) is 82.0 Å². The molecule has 0 bridgehead atoms. The first-order valence-electron chi connectivity index (χ1n) is 40.3. The van der Waals surface area contributed by atoms with Crippen LogP contribution in [0.1, 0.15) is 27.8 Å². The molecule has 0 N–H and O–H groups in total. The van der Waals surface area contributed by atoms with Gasteiger partial charge in [0.1, 0.15) is 0 Å². The van der Waals surface area contributed by atoms with Crippen LogP contribution in [-0.2, 0) is 0 Å². The summed E-state index contributed by atoms with van der Waals surface area (Å²) < 4.78 is 9.33. The second-order valence-electron chi connectivity index (χ2n) is 30.8. The number of fused-ring (bicyclic) bond motifs is 12. The Bertz CT molecular complexity index is 8370. The predicted octanol–water partition coefficient (Wildman–Crippen LogP) is 27.2. The van der Waals surface area contributed by atoms with Crippen LogP contribution in [0, 0.1) is 56.7 Å². The van der Waals surface area contributed by atoms with E-state index in [-0.39, 0.29) is 0 Å². The lowest BCUT2D eigenvalue weighted by atomic mass is 9.95. The molecule has 0 fully saturated rings. The summed E-state index contributed by atoms with van der Waals surface area (Å²) in [5, 5.41) is 60.8. The molecule has 5 aromatic heterocycles. The highest BCUT2D eigenvalue weighted by molar-refractivity contribution is 6.16. The maximum atomic E-state index is 11.1. The van der Waals surface area contributed by atoms with Crippen molar-refractivity contribution in [1.82, 2.24) is 28.2 Å². The first-order valence-corrected chi connectivity index (χ1v) is 40.3. The van der Waals surface area contributed by atoms with Crippen LogP contribution in [0.5, 0.6) is 0 Å². The molecule has 0 atom stereocenters. The average Bonchev–Trinajstić information content (AvgIpc) is 1.49. The lowest BCUT2D eigenvalue weighted by Gasteiger charge is -2.21. The Hall–Kier alpha value is -17.5. The molecular formula is C111H63N11. The first kappa shape index (κ1) is 71.0. The Kier molecular flexibility index (Phi) is 16.9. The first-order chi connectivity index (χ1) is 60.2. The molecule has 11 heteroatoms. The number of hydrogen-bond acceptors (Lipinski definition) is 7.